The van der Waals surface area contributed by atoms with Gasteiger partial charge in [0.05, 0.1) is 24.2 Å². The molecule has 0 spiro atoms. The molecule has 16 heavy (non-hydrogen) atoms. The van der Waals surface area contributed by atoms with Gasteiger partial charge in [0.2, 0.25) is 0 Å². The van der Waals surface area contributed by atoms with Crippen LogP contribution in [0.15, 0.2) is 0 Å². The third-order valence-electron chi connectivity index (χ3n) is 3.54. The lowest BCUT2D eigenvalue weighted by molar-refractivity contribution is -0.204. The Bertz CT molecular complexity index is 314. The fraction of sp³-hybridized carbons (Fsp3) is 0.900. The smallest absolute Gasteiger partial charge is 0.335 e. The molecule has 6 nitrogen and oxygen atoms in total. The monoisotopic (exact) mass is 232 g/mol. The average Bonchev–Trinajstić information content (AvgIpc) is 2.70. The zero-order chi connectivity index (χ0) is 12.2. The zero-order valence-electron chi connectivity index (χ0n) is 9.07. The number of aliphatic carboxylic acids is 1. The quantitative estimate of drug-likeness (QED) is 0.465. The van der Waals surface area contributed by atoms with Crippen molar-refractivity contribution in [2.45, 2.75) is 43.9 Å². The number of aliphatic hydroxyl groups is 3. The molecule has 1 aliphatic carbocycles. The molecule has 6 heteroatoms. The molecule has 4 N–H and O–H groups in total. The van der Waals surface area contributed by atoms with Gasteiger partial charge in [0.25, 0.3) is 0 Å². The van der Waals surface area contributed by atoms with Gasteiger partial charge in [-0.25, -0.2) is 4.79 Å². The summed E-state index contributed by atoms with van der Waals surface area (Å²) in [6.07, 6.45) is -4.41. The molecule has 2 fully saturated rings. The fourth-order valence-electron chi connectivity index (χ4n) is 2.55. The Morgan fingerprint density at radius 3 is 2.38 bits per heavy atom. The number of aliphatic hydroxyl groups excluding tert-OH is 2. The van der Waals surface area contributed by atoms with Gasteiger partial charge in [-0.05, 0) is 5.92 Å². The van der Waals surface area contributed by atoms with Gasteiger partial charge in [0.15, 0.2) is 6.10 Å². The van der Waals surface area contributed by atoms with E-state index in [9.17, 15) is 20.1 Å². The van der Waals surface area contributed by atoms with Crippen molar-refractivity contribution in [3.05, 3.63) is 0 Å². The molecule has 0 radical (unpaired) electrons. The van der Waals surface area contributed by atoms with E-state index in [1.54, 1.807) is 13.8 Å². The first kappa shape index (κ1) is 11.8. The maximum Gasteiger partial charge on any atom is 0.335 e. The standard InChI is InChI=1S/C10H16O6/c1-3(2)6-5(11)4-7(12)10(4,15)8(16-6)9(13)14/h3-8,11-12,15H,1-2H3,(H,13,14)/t4-,5?,6-,7?,8?,10+/m0/s1. The number of rotatable bonds is 2. The van der Waals surface area contributed by atoms with Gasteiger partial charge in [0.1, 0.15) is 5.60 Å². The Balaban J connectivity index is 2.27. The van der Waals surface area contributed by atoms with Crippen molar-refractivity contribution >= 4 is 5.97 Å². The van der Waals surface area contributed by atoms with Crippen molar-refractivity contribution in [3.63, 3.8) is 0 Å². The molecule has 0 amide bonds. The Hall–Kier alpha value is -0.690. The van der Waals surface area contributed by atoms with E-state index < -0.39 is 41.9 Å². The number of carboxylic acid groups (broad SMARTS) is 1. The van der Waals surface area contributed by atoms with Crippen LogP contribution in [0.3, 0.4) is 0 Å². The summed E-state index contributed by atoms with van der Waals surface area (Å²) in [7, 11) is 0. The second-order valence-electron chi connectivity index (χ2n) is 4.91. The van der Waals surface area contributed by atoms with E-state index in [1.165, 1.54) is 0 Å². The third-order valence-corrected chi connectivity index (χ3v) is 3.54. The van der Waals surface area contributed by atoms with Crippen molar-refractivity contribution < 1.29 is 30.0 Å². The number of carboxylic acids is 1. The number of fused-ring (bicyclic) bond motifs is 1. The van der Waals surface area contributed by atoms with E-state index in [-0.39, 0.29) is 5.92 Å². The van der Waals surface area contributed by atoms with Crippen LogP contribution < -0.4 is 0 Å². The first-order valence-corrected chi connectivity index (χ1v) is 5.28. The Morgan fingerprint density at radius 2 is 1.94 bits per heavy atom. The molecular weight excluding hydrogens is 216 g/mol. The number of hydrogen-bond donors (Lipinski definition) is 4. The maximum atomic E-state index is 10.9. The molecule has 2 aliphatic rings. The highest BCUT2D eigenvalue weighted by atomic mass is 16.6. The first-order valence-electron chi connectivity index (χ1n) is 5.28. The normalized spacial score (nSPS) is 51.2. The molecule has 0 aromatic rings. The molecule has 0 aromatic heterocycles. The molecule has 1 saturated carbocycles. The maximum absolute atomic E-state index is 10.9. The second-order valence-corrected chi connectivity index (χ2v) is 4.91. The van der Waals surface area contributed by atoms with Crippen LogP contribution in [0.1, 0.15) is 13.8 Å². The minimum atomic E-state index is -1.84. The molecule has 6 atom stereocenters. The van der Waals surface area contributed by atoms with E-state index in [4.69, 9.17) is 9.84 Å². The van der Waals surface area contributed by atoms with Crippen LogP contribution in [0.5, 0.6) is 0 Å². The Labute approximate surface area is 92.5 Å². The number of ether oxygens (including phenoxy) is 1. The molecule has 92 valence electrons. The van der Waals surface area contributed by atoms with Crippen molar-refractivity contribution in [1.82, 2.24) is 0 Å². The highest BCUT2D eigenvalue weighted by Crippen LogP contribution is 2.54. The summed E-state index contributed by atoms with van der Waals surface area (Å²) in [6, 6.07) is 0. The van der Waals surface area contributed by atoms with E-state index >= 15 is 0 Å². The summed E-state index contributed by atoms with van der Waals surface area (Å²) >= 11 is 0. The second kappa shape index (κ2) is 3.40. The predicted molar refractivity (Wildman–Crippen MR) is 51.6 cm³/mol. The Morgan fingerprint density at radius 1 is 1.38 bits per heavy atom. The highest BCUT2D eigenvalue weighted by Gasteiger charge is 2.76. The van der Waals surface area contributed by atoms with Crippen LogP contribution in [0.2, 0.25) is 0 Å². The van der Waals surface area contributed by atoms with Crippen LogP contribution in [-0.4, -0.2) is 56.4 Å². The SMILES string of the molecule is CC(C)[C@@H]1OC(C(=O)O)[C@]2(O)C(O)[C@@H]2C1O. The average molecular weight is 232 g/mol. The summed E-state index contributed by atoms with van der Waals surface area (Å²) in [5, 5.41) is 38.2. The molecule has 1 aliphatic heterocycles. The van der Waals surface area contributed by atoms with Crippen LogP contribution in [-0.2, 0) is 9.53 Å². The summed E-state index contributed by atoms with van der Waals surface area (Å²) in [4.78, 5) is 10.9. The number of hydrogen-bond acceptors (Lipinski definition) is 5. The zero-order valence-corrected chi connectivity index (χ0v) is 9.07. The summed E-state index contributed by atoms with van der Waals surface area (Å²) in [5.41, 5.74) is -1.84. The minimum absolute atomic E-state index is 0.0887. The molecule has 3 unspecified atom stereocenters. The van der Waals surface area contributed by atoms with Gasteiger partial charge in [-0.2, -0.15) is 0 Å². The van der Waals surface area contributed by atoms with Crippen LogP contribution in [0.25, 0.3) is 0 Å². The Kier molecular flexibility index (Phi) is 2.50. The lowest BCUT2D eigenvalue weighted by Crippen LogP contribution is -2.54. The largest absolute Gasteiger partial charge is 0.479 e. The van der Waals surface area contributed by atoms with Gasteiger partial charge in [-0.3, -0.25) is 0 Å². The van der Waals surface area contributed by atoms with Gasteiger partial charge in [0, 0.05) is 0 Å². The lowest BCUT2D eigenvalue weighted by atomic mass is 9.92. The van der Waals surface area contributed by atoms with Crippen molar-refractivity contribution in [2.75, 3.05) is 0 Å². The molecule has 0 aromatic carbocycles. The van der Waals surface area contributed by atoms with E-state index in [0.717, 1.165) is 0 Å². The van der Waals surface area contributed by atoms with Crippen molar-refractivity contribution in [2.24, 2.45) is 11.8 Å². The molecular formula is C10H16O6. The molecule has 0 bridgehead atoms. The van der Waals surface area contributed by atoms with E-state index in [1.807, 2.05) is 0 Å². The lowest BCUT2D eigenvalue weighted by Gasteiger charge is -2.36. The minimum Gasteiger partial charge on any atom is -0.479 e. The van der Waals surface area contributed by atoms with Gasteiger partial charge >= 0.3 is 5.97 Å². The summed E-state index contributed by atoms with van der Waals surface area (Å²) in [5.74, 6) is -2.23. The summed E-state index contributed by atoms with van der Waals surface area (Å²) < 4.78 is 5.19. The van der Waals surface area contributed by atoms with E-state index in [2.05, 4.69) is 0 Å². The highest BCUT2D eigenvalue weighted by molar-refractivity contribution is 5.76. The predicted octanol–water partition coefficient (Wildman–Crippen LogP) is -1.42. The van der Waals surface area contributed by atoms with Crippen LogP contribution in [0.4, 0.5) is 0 Å². The van der Waals surface area contributed by atoms with Crippen LogP contribution >= 0.6 is 0 Å². The van der Waals surface area contributed by atoms with Crippen molar-refractivity contribution in [1.29, 1.82) is 0 Å². The van der Waals surface area contributed by atoms with Gasteiger partial charge in [-0.15, -0.1) is 0 Å². The fourth-order valence-corrected chi connectivity index (χ4v) is 2.55. The number of carbonyl (C=O) groups is 1. The topological polar surface area (TPSA) is 107 Å². The molecule has 1 saturated heterocycles. The van der Waals surface area contributed by atoms with E-state index in [0.29, 0.717) is 0 Å². The van der Waals surface area contributed by atoms with Crippen molar-refractivity contribution in [3.8, 4) is 0 Å². The van der Waals surface area contributed by atoms with Gasteiger partial charge < -0.3 is 25.2 Å². The molecule has 1 heterocycles. The first-order chi connectivity index (χ1) is 7.31. The van der Waals surface area contributed by atoms with Gasteiger partial charge in [-0.1, -0.05) is 13.8 Å². The summed E-state index contributed by atoms with van der Waals surface area (Å²) in [6.45, 7) is 3.57. The molecule has 2 rings (SSSR count). The third kappa shape index (κ3) is 1.31. The van der Waals surface area contributed by atoms with Crippen LogP contribution in [0, 0.1) is 11.8 Å².